The molecule has 0 spiro atoms. The number of nitrogens with zero attached hydrogens (tertiary/aromatic N) is 1. The maximum atomic E-state index is 12.0. The van der Waals surface area contributed by atoms with Gasteiger partial charge in [-0.25, -0.2) is 0 Å². The molecule has 0 saturated carbocycles. The van der Waals surface area contributed by atoms with E-state index in [-0.39, 0.29) is 30.8 Å². The van der Waals surface area contributed by atoms with Gasteiger partial charge in [0.1, 0.15) is 6.10 Å². The predicted octanol–water partition coefficient (Wildman–Crippen LogP) is -3.27. The van der Waals surface area contributed by atoms with E-state index >= 15 is 0 Å². The molecule has 96 valence electrons. The Labute approximate surface area is 123 Å². The van der Waals surface area contributed by atoms with Crippen LogP contribution in [0.1, 0.15) is 18.5 Å². The molecular weight excluding hydrogens is 241 g/mol. The first-order valence-electron chi connectivity index (χ1n) is 5.76. The van der Waals surface area contributed by atoms with Gasteiger partial charge in [-0.15, -0.1) is 0 Å². The van der Waals surface area contributed by atoms with E-state index in [1.807, 2.05) is 30.3 Å². The molecule has 2 rings (SSSR count). The number of rotatable bonds is 3. The summed E-state index contributed by atoms with van der Waals surface area (Å²) >= 11 is 0. The molecule has 1 aliphatic rings. The number of ether oxygens (including phenoxy) is 1. The molecule has 1 aromatic rings. The first-order chi connectivity index (χ1) is 8.59. The van der Waals surface area contributed by atoms with Gasteiger partial charge in [0.2, 0.25) is 0 Å². The molecule has 19 heavy (non-hydrogen) atoms. The van der Waals surface area contributed by atoms with Crippen molar-refractivity contribution in [3.05, 3.63) is 35.9 Å². The van der Waals surface area contributed by atoms with Crippen molar-refractivity contribution < 1.29 is 38.3 Å². The monoisotopic (exact) mass is 255 g/mol. The van der Waals surface area contributed by atoms with E-state index in [9.17, 15) is 14.7 Å². The van der Waals surface area contributed by atoms with Crippen molar-refractivity contribution in [2.24, 2.45) is 0 Å². The van der Waals surface area contributed by atoms with Gasteiger partial charge >= 0.3 is 18.9 Å². The van der Waals surface area contributed by atoms with Gasteiger partial charge in [-0.1, -0.05) is 30.3 Å². The minimum Gasteiger partial charge on any atom is -0.548 e. The predicted molar refractivity (Wildman–Crippen MR) is 61.3 cm³/mol. The molecule has 0 bridgehead atoms. The molecule has 1 aromatic carbocycles. The third kappa shape index (κ3) is 3.60. The first-order valence-corrected chi connectivity index (χ1v) is 5.76. The van der Waals surface area contributed by atoms with Gasteiger partial charge in [-0.05, 0) is 12.5 Å². The normalized spacial score (nSPS) is 22.8. The van der Waals surface area contributed by atoms with Crippen molar-refractivity contribution in [3.8, 4) is 0 Å². The Morgan fingerprint density at radius 3 is 2.63 bits per heavy atom. The van der Waals surface area contributed by atoms with Gasteiger partial charge in [0, 0.05) is 0 Å². The fraction of sp³-hybridized carbons (Fsp3) is 0.385. The van der Waals surface area contributed by atoms with Crippen molar-refractivity contribution in [2.45, 2.75) is 19.1 Å². The summed E-state index contributed by atoms with van der Waals surface area (Å²) in [6, 6.07) is 8.87. The van der Waals surface area contributed by atoms with E-state index in [0.29, 0.717) is 6.61 Å². The van der Waals surface area contributed by atoms with Crippen LogP contribution in [0.4, 0.5) is 0 Å². The summed E-state index contributed by atoms with van der Waals surface area (Å²) in [5.41, 5.74) is 0.860. The number of carbonyl (C=O) groups excluding carboxylic acids is 2. The Morgan fingerprint density at radius 1 is 1.42 bits per heavy atom. The summed E-state index contributed by atoms with van der Waals surface area (Å²) in [6.07, 6.45) is -0.607. The molecule has 0 aromatic heterocycles. The molecule has 2 atom stereocenters. The standard InChI is InChI=1S/C13H15NO4.Li/c1-9-13(17)14(7-12(15)16)11(8-18-9)10-5-3-2-4-6-10;/h2-6,9,11H,7-8H2,1H3,(H,15,16);/q;+1/p-1/t9-,11-;/m0./s1. The minimum atomic E-state index is -1.27. The van der Waals surface area contributed by atoms with Gasteiger partial charge in [0.25, 0.3) is 5.91 Å². The number of benzene rings is 1. The van der Waals surface area contributed by atoms with E-state index < -0.39 is 18.6 Å². The van der Waals surface area contributed by atoms with E-state index in [2.05, 4.69) is 0 Å². The summed E-state index contributed by atoms with van der Waals surface area (Å²) in [5, 5.41) is 10.8. The number of carbonyl (C=O) groups is 2. The van der Waals surface area contributed by atoms with Gasteiger partial charge in [-0.2, -0.15) is 0 Å². The third-order valence-corrected chi connectivity index (χ3v) is 2.99. The molecule has 6 heteroatoms. The average Bonchev–Trinajstić information content (AvgIpc) is 2.36. The van der Waals surface area contributed by atoms with Crippen LogP contribution in [0.5, 0.6) is 0 Å². The summed E-state index contributed by atoms with van der Waals surface area (Å²) in [6.45, 7) is 1.50. The molecule has 1 amide bonds. The third-order valence-electron chi connectivity index (χ3n) is 2.99. The van der Waals surface area contributed by atoms with Gasteiger partial charge in [0.15, 0.2) is 0 Å². The van der Waals surface area contributed by atoms with Crippen molar-refractivity contribution in [1.82, 2.24) is 4.90 Å². The minimum absolute atomic E-state index is 0. The molecule has 0 radical (unpaired) electrons. The molecule has 0 N–H and O–H groups in total. The van der Waals surface area contributed by atoms with Crippen LogP contribution in [0.15, 0.2) is 30.3 Å². The Bertz CT molecular complexity index is 451. The topological polar surface area (TPSA) is 69.7 Å². The van der Waals surface area contributed by atoms with Crippen molar-refractivity contribution in [1.29, 1.82) is 0 Å². The van der Waals surface area contributed by atoms with Crippen molar-refractivity contribution in [3.63, 3.8) is 0 Å². The molecule has 1 saturated heterocycles. The maximum Gasteiger partial charge on any atom is 1.00 e. The number of carboxylic acids is 1. The summed E-state index contributed by atoms with van der Waals surface area (Å²) < 4.78 is 5.36. The SMILES string of the molecule is C[C@@H]1OC[C@@H](c2ccccc2)N(CC(=O)[O-])C1=O.[Li+]. The number of hydrogen-bond donors (Lipinski definition) is 0. The van der Waals surface area contributed by atoms with Crippen molar-refractivity contribution >= 4 is 11.9 Å². The van der Waals surface area contributed by atoms with Crippen LogP contribution in [-0.2, 0) is 14.3 Å². The average molecular weight is 255 g/mol. The first kappa shape index (κ1) is 15.8. The van der Waals surface area contributed by atoms with Crippen LogP contribution in [-0.4, -0.2) is 36.0 Å². The Hall–Kier alpha value is -1.28. The smallest absolute Gasteiger partial charge is 0.548 e. The largest absolute Gasteiger partial charge is 1.00 e. The Balaban J connectivity index is 0.00000180. The second-order valence-electron chi connectivity index (χ2n) is 4.24. The van der Waals surface area contributed by atoms with E-state index in [1.54, 1.807) is 6.92 Å². The van der Waals surface area contributed by atoms with Crippen LogP contribution in [0.25, 0.3) is 0 Å². The zero-order valence-electron chi connectivity index (χ0n) is 11.0. The molecule has 5 nitrogen and oxygen atoms in total. The van der Waals surface area contributed by atoms with Crippen molar-refractivity contribution in [2.75, 3.05) is 13.2 Å². The van der Waals surface area contributed by atoms with E-state index in [0.717, 1.165) is 5.56 Å². The van der Waals surface area contributed by atoms with E-state index in [4.69, 9.17) is 4.74 Å². The summed E-state index contributed by atoms with van der Waals surface area (Å²) in [5.74, 6) is -1.59. The zero-order valence-corrected chi connectivity index (χ0v) is 11.0. The number of morpholine rings is 1. The molecule has 0 aliphatic carbocycles. The Kier molecular flexibility index (Phi) is 5.61. The second-order valence-corrected chi connectivity index (χ2v) is 4.24. The molecule has 1 fully saturated rings. The van der Waals surface area contributed by atoms with Crippen LogP contribution in [0.2, 0.25) is 0 Å². The summed E-state index contributed by atoms with van der Waals surface area (Å²) in [4.78, 5) is 24.0. The summed E-state index contributed by atoms with van der Waals surface area (Å²) in [7, 11) is 0. The fourth-order valence-corrected chi connectivity index (χ4v) is 2.06. The van der Waals surface area contributed by atoms with Crippen LogP contribution in [0.3, 0.4) is 0 Å². The maximum absolute atomic E-state index is 12.0. The van der Waals surface area contributed by atoms with Gasteiger partial charge in [0.05, 0.1) is 25.2 Å². The van der Waals surface area contributed by atoms with E-state index in [1.165, 1.54) is 4.90 Å². The zero-order chi connectivity index (χ0) is 13.1. The number of carboxylic acid groups (broad SMARTS) is 1. The van der Waals surface area contributed by atoms with Gasteiger partial charge in [-0.3, -0.25) is 4.79 Å². The number of amides is 1. The Morgan fingerprint density at radius 2 is 2.05 bits per heavy atom. The number of aliphatic carboxylic acids is 1. The second kappa shape index (κ2) is 6.76. The fourth-order valence-electron chi connectivity index (χ4n) is 2.06. The van der Waals surface area contributed by atoms with Crippen LogP contribution < -0.4 is 24.0 Å². The van der Waals surface area contributed by atoms with Crippen LogP contribution >= 0.6 is 0 Å². The quantitative estimate of drug-likeness (QED) is 0.531. The molecule has 1 heterocycles. The molecule has 0 unspecified atom stereocenters. The van der Waals surface area contributed by atoms with Crippen LogP contribution in [0, 0.1) is 0 Å². The number of hydrogen-bond acceptors (Lipinski definition) is 4. The molecule has 1 aliphatic heterocycles. The van der Waals surface area contributed by atoms with Gasteiger partial charge < -0.3 is 19.5 Å². The molecular formula is C13H14LiNO4.